The lowest BCUT2D eigenvalue weighted by Crippen LogP contribution is -2.27. The van der Waals surface area contributed by atoms with Crippen molar-refractivity contribution < 1.29 is 14.3 Å². The topological polar surface area (TPSA) is 55.4 Å². The maximum absolute atomic E-state index is 11.9. The van der Waals surface area contributed by atoms with Crippen molar-refractivity contribution >= 4 is 11.9 Å². The van der Waals surface area contributed by atoms with Gasteiger partial charge in [0, 0.05) is 6.42 Å². The third-order valence-electron chi connectivity index (χ3n) is 3.11. The van der Waals surface area contributed by atoms with Crippen molar-refractivity contribution in [2.75, 3.05) is 6.61 Å². The van der Waals surface area contributed by atoms with Crippen molar-refractivity contribution in [3.8, 4) is 0 Å². The second kappa shape index (κ2) is 12.7. The number of nitrogens with one attached hydrogen (secondary N) is 1. The highest BCUT2D eigenvalue weighted by atomic mass is 16.5. The highest BCUT2D eigenvalue weighted by molar-refractivity contribution is 5.97. The highest BCUT2D eigenvalue weighted by Gasteiger charge is 2.11. The van der Waals surface area contributed by atoms with Gasteiger partial charge in [0.15, 0.2) is 5.78 Å². The molecule has 0 aliphatic rings. The zero-order valence-corrected chi connectivity index (χ0v) is 13.2. The van der Waals surface area contributed by atoms with Gasteiger partial charge in [0.1, 0.15) is 0 Å². The minimum Gasteiger partial charge on any atom is -0.450 e. The summed E-state index contributed by atoms with van der Waals surface area (Å²) in [5, 5.41) is 2.49. The average Bonchev–Trinajstić information content (AvgIpc) is 2.43. The Morgan fingerprint density at radius 3 is 2.15 bits per heavy atom. The summed E-state index contributed by atoms with van der Waals surface area (Å²) in [6.07, 6.45) is 9.78. The van der Waals surface area contributed by atoms with Gasteiger partial charge in [0.05, 0.1) is 12.3 Å². The van der Waals surface area contributed by atoms with Gasteiger partial charge < -0.3 is 4.74 Å². The summed E-state index contributed by atoms with van der Waals surface area (Å²) in [5.41, 5.74) is 0.342. The molecule has 0 saturated carbocycles. The molecule has 0 saturated heterocycles. The van der Waals surface area contributed by atoms with E-state index in [0.717, 1.165) is 12.8 Å². The molecule has 0 radical (unpaired) electrons. The van der Waals surface area contributed by atoms with Gasteiger partial charge in [-0.25, -0.2) is 4.79 Å². The summed E-state index contributed by atoms with van der Waals surface area (Å²) in [7, 11) is 0. The molecule has 0 aliphatic heterocycles. The number of hydrogen-bond donors (Lipinski definition) is 1. The Morgan fingerprint density at radius 1 is 1.00 bits per heavy atom. The predicted molar refractivity (Wildman–Crippen MR) is 81.5 cm³/mol. The van der Waals surface area contributed by atoms with Gasteiger partial charge in [-0.2, -0.15) is 0 Å². The van der Waals surface area contributed by atoms with E-state index in [1.54, 1.807) is 19.9 Å². The van der Waals surface area contributed by atoms with Crippen LogP contribution < -0.4 is 5.32 Å². The van der Waals surface area contributed by atoms with Crippen molar-refractivity contribution in [1.82, 2.24) is 5.32 Å². The molecule has 0 atom stereocenters. The van der Waals surface area contributed by atoms with E-state index in [4.69, 9.17) is 4.74 Å². The zero-order valence-electron chi connectivity index (χ0n) is 13.2. The van der Waals surface area contributed by atoms with Gasteiger partial charge in [0.2, 0.25) is 0 Å². The van der Waals surface area contributed by atoms with Gasteiger partial charge in [-0.05, 0) is 20.3 Å². The highest BCUT2D eigenvalue weighted by Crippen LogP contribution is 2.10. The van der Waals surface area contributed by atoms with Gasteiger partial charge >= 0.3 is 6.09 Å². The Kier molecular flexibility index (Phi) is 11.9. The number of carbonyl (C=O) groups excluding carboxylic acids is 2. The summed E-state index contributed by atoms with van der Waals surface area (Å²) in [6.45, 7) is 5.97. The standard InChI is InChI=1S/C16H29NO3/c1-4-7-8-9-10-11-12-13-15(18)14(5-2)17-16(19)20-6-3/h5H,4,6-13H2,1-3H3,(H,17,19). The second-order valence-electron chi connectivity index (χ2n) is 4.84. The molecule has 0 aromatic heterocycles. The summed E-state index contributed by atoms with van der Waals surface area (Å²) >= 11 is 0. The number of unbranched alkanes of at least 4 members (excludes halogenated alkanes) is 6. The van der Waals surface area contributed by atoms with Crippen molar-refractivity contribution in [1.29, 1.82) is 0 Å². The first-order valence-corrected chi connectivity index (χ1v) is 7.78. The van der Waals surface area contributed by atoms with Crippen LogP contribution >= 0.6 is 0 Å². The molecule has 20 heavy (non-hydrogen) atoms. The number of amides is 1. The van der Waals surface area contributed by atoms with E-state index in [0.29, 0.717) is 18.7 Å². The molecule has 0 aliphatic carbocycles. The summed E-state index contributed by atoms with van der Waals surface area (Å²) in [4.78, 5) is 23.2. The maximum Gasteiger partial charge on any atom is 0.411 e. The minimum absolute atomic E-state index is 0.0193. The molecule has 0 spiro atoms. The monoisotopic (exact) mass is 283 g/mol. The Labute approximate surface area is 123 Å². The molecule has 0 rings (SSSR count). The molecule has 0 aromatic carbocycles. The van der Waals surface area contributed by atoms with Crippen molar-refractivity contribution in [3.05, 3.63) is 11.8 Å². The second-order valence-corrected chi connectivity index (χ2v) is 4.84. The Morgan fingerprint density at radius 2 is 1.60 bits per heavy atom. The molecule has 0 fully saturated rings. The number of ether oxygens (including phenoxy) is 1. The summed E-state index contributed by atoms with van der Waals surface area (Å²) in [5.74, 6) is -0.0193. The lowest BCUT2D eigenvalue weighted by Gasteiger charge is -2.08. The van der Waals surface area contributed by atoms with Crippen molar-refractivity contribution in [2.45, 2.75) is 72.1 Å². The van der Waals surface area contributed by atoms with Crippen molar-refractivity contribution in [3.63, 3.8) is 0 Å². The maximum atomic E-state index is 11.9. The van der Waals surface area contributed by atoms with Crippen LogP contribution in [0.25, 0.3) is 0 Å². The summed E-state index contributed by atoms with van der Waals surface area (Å²) < 4.78 is 4.76. The number of carbonyl (C=O) groups is 2. The normalized spacial score (nSPS) is 11.2. The number of allylic oxidation sites excluding steroid dienone is 2. The van der Waals surface area contributed by atoms with Crippen LogP contribution in [0, 0.1) is 0 Å². The number of Topliss-reactive ketones (excluding diaryl/α,β-unsaturated/α-hetero) is 1. The molecule has 4 nitrogen and oxygen atoms in total. The van der Waals surface area contributed by atoms with Crippen LogP contribution in [-0.4, -0.2) is 18.5 Å². The first kappa shape index (κ1) is 18.7. The Balaban J connectivity index is 3.80. The number of hydrogen-bond acceptors (Lipinski definition) is 3. The fourth-order valence-corrected chi connectivity index (χ4v) is 1.96. The fourth-order valence-electron chi connectivity index (χ4n) is 1.96. The van der Waals surface area contributed by atoms with Gasteiger partial charge in [-0.1, -0.05) is 51.5 Å². The van der Waals surface area contributed by atoms with Crippen LogP contribution in [0.2, 0.25) is 0 Å². The van der Waals surface area contributed by atoms with Crippen LogP contribution in [0.1, 0.15) is 72.1 Å². The average molecular weight is 283 g/mol. The SMILES string of the molecule is CC=C(NC(=O)OCC)C(=O)CCCCCCCCC. The van der Waals surface area contributed by atoms with Crippen LogP contribution in [0.15, 0.2) is 11.8 Å². The first-order valence-electron chi connectivity index (χ1n) is 7.78. The molecule has 4 heteroatoms. The lowest BCUT2D eigenvalue weighted by atomic mass is 10.1. The van der Waals surface area contributed by atoms with E-state index in [9.17, 15) is 9.59 Å². The summed E-state index contributed by atoms with van der Waals surface area (Å²) in [6, 6.07) is 0. The van der Waals surface area contributed by atoms with E-state index in [2.05, 4.69) is 12.2 Å². The van der Waals surface area contributed by atoms with Crippen LogP contribution in [-0.2, 0) is 9.53 Å². The smallest absolute Gasteiger partial charge is 0.411 e. The van der Waals surface area contributed by atoms with E-state index < -0.39 is 6.09 Å². The van der Waals surface area contributed by atoms with Crippen molar-refractivity contribution in [2.24, 2.45) is 0 Å². The molecule has 0 bridgehead atoms. The molecule has 0 aromatic rings. The van der Waals surface area contributed by atoms with Crippen LogP contribution in [0.5, 0.6) is 0 Å². The minimum atomic E-state index is -0.562. The molecular formula is C16H29NO3. The van der Waals surface area contributed by atoms with E-state index in [-0.39, 0.29) is 5.78 Å². The molecule has 0 unspecified atom stereocenters. The largest absolute Gasteiger partial charge is 0.450 e. The third-order valence-corrected chi connectivity index (χ3v) is 3.11. The molecule has 116 valence electrons. The third kappa shape index (κ3) is 9.59. The first-order chi connectivity index (χ1) is 9.65. The predicted octanol–water partition coefficient (Wildman–Crippen LogP) is 4.35. The number of alkyl carbamates (subject to hydrolysis) is 1. The van der Waals surface area contributed by atoms with Crippen LogP contribution in [0.3, 0.4) is 0 Å². The van der Waals surface area contributed by atoms with Gasteiger partial charge in [-0.15, -0.1) is 0 Å². The zero-order chi connectivity index (χ0) is 15.2. The van der Waals surface area contributed by atoms with Gasteiger partial charge in [-0.3, -0.25) is 10.1 Å². The van der Waals surface area contributed by atoms with E-state index in [1.807, 2.05) is 0 Å². The van der Waals surface area contributed by atoms with E-state index in [1.165, 1.54) is 32.1 Å². The fraction of sp³-hybridized carbons (Fsp3) is 0.750. The Bertz CT molecular complexity index is 311. The Hall–Kier alpha value is -1.32. The van der Waals surface area contributed by atoms with Crippen LogP contribution in [0.4, 0.5) is 4.79 Å². The quantitative estimate of drug-likeness (QED) is 0.453. The number of ketones is 1. The number of rotatable bonds is 11. The van der Waals surface area contributed by atoms with Gasteiger partial charge in [0.25, 0.3) is 0 Å². The molecule has 1 N–H and O–H groups in total. The molecule has 0 heterocycles. The lowest BCUT2D eigenvalue weighted by molar-refractivity contribution is -0.116. The van der Waals surface area contributed by atoms with E-state index >= 15 is 0 Å². The molecule has 1 amide bonds. The molecular weight excluding hydrogens is 254 g/mol.